The second-order valence-electron chi connectivity index (χ2n) is 8.13. The zero-order valence-electron chi connectivity index (χ0n) is 16.8. The van der Waals surface area contributed by atoms with Crippen molar-refractivity contribution >= 4 is 28.3 Å². The van der Waals surface area contributed by atoms with E-state index < -0.39 is 30.2 Å². The van der Waals surface area contributed by atoms with E-state index in [0.29, 0.717) is 11.2 Å². The molecule has 0 aliphatic carbocycles. The molecule has 1 aromatic heterocycles. The Bertz CT molecular complexity index is 1070. The van der Waals surface area contributed by atoms with Gasteiger partial charge in [-0.15, -0.1) is 0 Å². The van der Waals surface area contributed by atoms with Crippen LogP contribution in [0.3, 0.4) is 0 Å². The van der Waals surface area contributed by atoms with Crippen LogP contribution in [0.1, 0.15) is 25.8 Å². The van der Waals surface area contributed by atoms with Crippen molar-refractivity contribution in [1.29, 1.82) is 0 Å². The average Bonchev–Trinajstić information content (AvgIpc) is 3.00. The second-order valence-corrected chi connectivity index (χ2v) is 8.57. The van der Waals surface area contributed by atoms with Gasteiger partial charge in [0.2, 0.25) is 0 Å². The van der Waals surface area contributed by atoms with Crippen molar-refractivity contribution < 1.29 is 23.4 Å². The third-order valence-electron chi connectivity index (χ3n) is 5.28. The number of para-hydroxylation sites is 1. The number of phenols is 1. The van der Waals surface area contributed by atoms with Crippen LogP contribution in [0.4, 0.5) is 18.9 Å². The molecule has 0 spiro atoms. The summed E-state index contributed by atoms with van der Waals surface area (Å²) >= 11 is 5.83. The minimum Gasteiger partial charge on any atom is -0.508 e. The zero-order valence-corrected chi connectivity index (χ0v) is 17.5. The molecule has 3 aromatic rings. The number of aryl methyl sites for hydroxylation is 1. The van der Waals surface area contributed by atoms with E-state index in [1.807, 2.05) is 0 Å². The first-order chi connectivity index (χ1) is 13.8. The fraction of sp³-hybridized carbons (Fsp3) is 0.381. The van der Waals surface area contributed by atoms with Gasteiger partial charge in [-0.1, -0.05) is 37.6 Å². The van der Waals surface area contributed by atoms with Crippen LogP contribution in [0, 0.1) is 0 Å². The summed E-state index contributed by atoms with van der Waals surface area (Å²) < 4.78 is 43.6. The molecular formula is C21H23ClF3N3O2. The van der Waals surface area contributed by atoms with E-state index in [-0.39, 0.29) is 16.3 Å². The summed E-state index contributed by atoms with van der Waals surface area (Å²) in [6.07, 6.45) is -4.01. The molecule has 0 amide bonds. The van der Waals surface area contributed by atoms with Crippen molar-refractivity contribution in [2.45, 2.75) is 37.5 Å². The number of alkyl halides is 3. The number of imidazole rings is 1. The lowest BCUT2D eigenvalue weighted by Gasteiger charge is -2.38. The summed E-state index contributed by atoms with van der Waals surface area (Å²) in [6.45, 7) is 2.29. The highest BCUT2D eigenvalue weighted by molar-refractivity contribution is 6.30. The number of nitrogens with one attached hydrogen (secondary N) is 1. The van der Waals surface area contributed by atoms with Gasteiger partial charge in [0.05, 0.1) is 24.1 Å². The molecule has 1 atom stereocenters. The summed E-state index contributed by atoms with van der Waals surface area (Å²) in [6, 6.07) is 9.35. The van der Waals surface area contributed by atoms with Crippen LogP contribution in [0.2, 0.25) is 5.02 Å². The highest BCUT2D eigenvalue weighted by Crippen LogP contribution is 2.44. The number of halogens is 4. The molecule has 162 valence electrons. The number of fused-ring (bicyclic) bond motifs is 1. The largest absolute Gasteiger partial charge is 0.508 e. The number of hydrogen-bond acceptors (Lipinski definition) is 4. The summed E-state index contributed by atoms with van der Waals surface area (Å²) in [4.78, 5) is 4.22. The number of aromatic hydroxyl groups is 1. The van der Waals surface area contributed by atoms with E-state index in [2.05, 4.69) is 10.3 Å². The van der Waals surface area contributed by atoms with E-state index in [0.717, 1.165) is 5.52 Å². The Morgan fingerprint density at radius 3 is 2.50 bits per heavy atom. The number of nitrogens with zero attached hydrogens (tertiary/aromatic N) is 2. The number of rotatable bonds is 6. The summed E-state index contributed by atoms with van der Waals surface area (Å²) in [5.74, 6) is -0.219. The van der Waals surface area contributed by atoms with Crippen molar-refractivity contribution in [3.05, 3.63) is 53.3 Å². The van der Waals surface area contributed by atoms with Gasteiger partial charge >= 0.3 is 6.18 Å². The lowest BCUT2D eigenvalue weighted by molar-refractivity contribution is -0.260. The number of benzene rings is 2. The van der Waals surface area contributed by atoms with Gasteiger partial charge in [0.15, 0.2) is 5.60 Å². The summed E-state index contributed by atoms with van der Waals surface area (Å²) in [5.41, 5.74) is -2.33. The number of aliphatic hydroxyl groups is 1. The molecular weight excluding hydrogens is 419 g/mol. The minimum atomic E-state index is -4.91. The number of aromatic nitrogens is 2. The van der Waals surface area contributed by atoms with Gasteiger partial charge < -0.3 is 20.1 Å². The third kappa shape index (κ3) is 4.20. The summed E-state index contributed by atoms with van der Waals surface area (Å²) in [5, 5.41) is 23.9. The van der Waals surface area contributed by atoms with Gasteiger partial charge in [-0.05, 0) is 41.7 Å². The maximum absolute atomic E-state index is 13.9. The predicted octanol–water partition coefficient (Wildman–Crippen LogP) is 5.01. The van der Waals surface area contributed by atoms with E-state index >= 15 is 0 Å². The number of anilines is 1. The lowest BCUT2D eigenvalue weighted by atomic mass is 9.74. The summed E-state index contributed by atoms with van der Waals surface area (Å²) in [7, 11) is 1.78. The Balaban J connectivity index is 1.90. The quantitative estimate of drug-likeness (QED) is 0.503. The van der Waals surface area contributed by atoms with Gasteiger partial charge in [0.25, 0.3) is 0 Å². The van der Waals surface area contributed by atoms with Crippen LogP contribution >= 0.6 is 11.6 Å². The van der Waals surface area contributed by atoms with Crippen LogP contribution in [-0.2, 0) is 12.5 Å². The molecule has 9 heteroatoms. The maximum Gasteiger partial charge on any atom is 0.418 e. The van der Waals surface area contributed by atoms with Crippen molar-refractivity contribution in [2.75, 3.05) is 11.9 Å². The van der Waals surface area contributed by atoms with E-state index in [1.165, 1.54) is 32.0 Å². The first kappa shape index (κ1) is 22.2. The Hall–Kier alpha value is -2.45. The molecule has 0 aliphatic rings. The van der Waals surface area contributed by atoms with E-state index in [4.69, 9.17) is 11.6 Å². The fourth-order valence-electron chi connectivity index (χ4n) is 3.71. The Morgan fingerprint density at radius 2 is 1.87 bits per heavy atom. The van der Waals surface area contributed by atoms with Crippen LogP contribution in [0.5, 0.6) is 5.75 Å². The van der Waals surface area contributed by atoms with Crippen LogP contribution in [0.25, 0.3) is 11.0 Å². The first-order valence-corrected chi connectivity index (χ1v) is 9.64. The molecule has 30 heavy (non-hydrogen) atoms. The van der Waals surface area contributed by atoms with Crippen molar-refractivity contribution in [2.24, 2.45) is 7.05 Å². The highest BCUT2D eigenvalue weighted by atomic mass is 35.5. The third-order valence-corrected chi connectivity index (χ3v) is 5.51. The molecule has 2 aromatic carbocycles. The molecule has 0 radical (unpaired) electrons. The highest BCUT2D eigenvalue weighted by Gasteiger charge is 2.56. The van der Waals surface area contributed by atoms with Gasteiger partial charge in [-0.3, -0.25) is 0 Å². The average molecular weight is 442 g/mol. The van der Waals surface area contributed by atoms with Gasteiger partial charge in [0.1, 0.15) is 11.3 Å². The van der Waals surface area contributed by atoms with Crippen LogP contribution in [0.15, 0.2) is 42.7 Å². The van der Waals surface area contributed by atoms with Crippen molar-refractivity contribution in [1.82, 2.24) is 9.55 Å². The SMILES string of the molecule is Cn1cnc2c(NCC(O)(CC(C)(C)c3ccc(Cl)cc3O)C(F)(F)F)cccc21. The van der Waals surface area contributed by atoms with Gasteiger partial charge in [-0.2, -0.15) is 13.2 Å². The molecule has 0 bridgehead atoms. The molecule has 1 unspecified atom stereocenters. The monoisotopic (exact) mass is 441 g/mol. The molecule has 5 nitrogen and oxygen atoms in total. The van der Waals surface area contributed by atoms with E-state index in [1.54, 1.807) is 36.1 Å². The van der Waals surface area contributed by atoms with Crippen molar-refractivity contribution in [3.63, 3.8) is 0 Å². The lowest BCUT2D eigenvalue weighted by Crippen LogP contribution is -2.53. The Kier molecular flexibility index (Phi) is 5.68. The standard InChI is InChI=1S/C21H23ClF3N3O2/c1-19(2,14-8-7-13(22)9-17(14)29)10-20(30,21(23,24)25)11-26-15-5-4-6-16-18(15)27-12-28(16)3/h4-9,12,26,29-30H,10-11H2,1-3H3. The molecule has 1 heterocycles. The Labute approximate surface area is 177 Å². The minimum absolute atomic E-state index is 0.219. The fourth-order valence-corrected chi connectivity index (χ4v) is 3.87. The maximum atomic E-state index is 13.9. The Morgan fingerprint density at radius 1 is 1.17 bits per heavy atom. The topological polar surface area (TPSA) is 70.3 Å². The molecule has 0 fully saturated rings. The molecule has 0 aliphatic heterocycles. The van der Waals surface area contributed by atoms with Crippen LogP contribution in [-0.4, -0.2) is 38.1 Å². The smallest absolute Gasteiger partial charge is 0.418 e. The number of phenolic OH excluding ortho intramolecular Hbond substituents is 1. The van der Waals surface area contributed by atoms with Crippen molar-refractivity contribution in [3.8, 4) is 5.75 Å². The normalized spacial score (nSPS) is 14.7. The molecule has 3 N–H and O–H groups in total. The molecule has 0 saturated carbocycles. The first-order valence-electron chi connectivity index (χ1n) is 9.26. The van der Waals surface area contributed by atoms with Crippen LogP contribution < -0.4 is 5.32 Å². The predicted molar refractivity (Wildman–Crippen MR) is 111 cm³/mol. The van der Waals surface area contributed by atoms with E-state index in [9.17, 15) is 23.4 Å². The second kappa shape index (κ2) is 7.67. The van der Waals surface area contributed by atoms with Gasteiger partial charge in [0, 0.05) is 12.1 Å². The number of hydrogen-bond donors (Lipinski definition) is 3. The molecule has 0 saturated heterocycles. The van der Waals surface area contributed by atoms with Gasteiger partial charge in [-0.25, -0.2) is 4.98 Å². The zero-order chi connectivity index (χ0) is 22.3. The molecule has 3 rings (SSSR count).